The minimum absolute atomic E-state index is 0.0188. The van der Waals surface area contributed by atoms with Crippen LogP contribution in [0.25, 0.3) is 10.8 Å². The molecule has 0 saturated carbocycles. The Morgan fingerprint density at radius 3 is 2.21 bits per heavy atom. The molecule has 0 bridgehead atoms. The molecule has 8 heteroatoms. The summed E-state index contributed by atoms with van der Waals surface area (Å²) in [7, 11) is -2.63. The summed E-state index contributed by atoms with van der Waals surface area (Å²) in [5, 5.41) is 1.90. The number of fused-ring (bicyclic) bond motifs is 1. The van der Waals surface area contributed by atoms with Crippen molar-refractivity contribution in [2.24, 2.45) is 0 Å². The molecule has 0 spiro atoms. The third kappa shape index (κ3) is 4.48. The summed E-state index contributed by atoms with van der Waals surface area (Å²) in [5.41, 5.74) is 0.403. The minimum Gasteiger partial charge on any atom is -0.425 e. The molecular formula is C21H18ClNO5S. The highest BCUT2D eigenvalue weighted by molar-refractivity contribution is 7.89. The van der Waals surface area contributed by atoms with E-state index in [9.17, 15) is 18.0 Å². The van der Waals surface area contributed by atoms with Crippen molar-refractivity contribution in [3.63, 3.8) is 0 Å². The number of hydrogen-bond acceptors (Lipinski definition) is 5. The fourth-order valence-electron chi connectivity index (χ4n) is 2.79. The maximum atomic E-state index is 12.7. The largest absolute Gasteiger partial charge is 0.425 e. The van der Waals surface area contributed by atoms with Crippen molar-refractivity contribution < 1.29 is 22.7 Å². The molecule has 0 aliphatic heterocycles. The third-order valence-electron chi connectivity index (χ3n) is 4.38. The molecule has 0 heterocycles. The first-order chi connectivity index (χ1) is 13.7. The summed E-state index contributed by atoms with van der Waals surface area (Å²) in [6.07, 6.45) is 0. The van der Waals surface area contributed by atoms with Gasteiger partial charge in [0.1, 0.15) is 12.3 Å². The van der Waals surface area contributed by atoms with Crippen molar-refractivity contribution in [2.45, 2.75) is 11.8 Å². The van der Waals surface area contributed by atoms with E-state index in [-0.39, 0.29) is 10.7 Å². The highest BCUT2D eigenvalue weighted by atomic mass is 35.5. The van der Waals surface area contributed by atoms with Crippen LogP contribution in [-0.2, 0) is 14.8 Å². The maximum absolute atomic E-state index is 12.7. The first-order valence-corrected chi connectivity index (χ1v) is 10.5. The topological polar surface area (TPSA) is 80.8 Å². The molecule has 0 saturated heterocycles. The number of Topliss-reactive ketones (excluding diaryl/α,β-unsaturated/α-hetero) is 1. The zero-order chi connectivity index (χ0) is 21.2. The zero-order valence-electron chi connectivity index (χ0n) is 15.8. The Bertz CT molecular complexity index is 1190. The molecule has 0 radical (unpaired) electrons. The minimum atomic E-state index is -3.92. The Morgan fingerprint density at radius 1 is 0.966 bits per heavy atom. The number of likely N-dealkylation sites (N-methyl/N-ethyl adjacent to an activating group) is 1. The summed E-state index contributed by atoms with van der Waals surface area (Å²) in [5.74, 6) is -0.600. The SMILES string of the molecule is CC(=O)c1ccc(S(=O)(=O)N(C)CC(=O)Oc2ccc(Cl)c3ccccc23)cc1. The van der Waals surface area contributed by atoms with Crippen LogP contribution in [0.1, 0.15) is 17.3 Å². The van der Waals surface area contributed by atoms with Crippen molar-refractivity contribution in [1.29, 1.82) is 0 Å². The summed E-state index contributed by atoms with van der Waals surface area (Å²) >= 11 is 6.16. The molecule has 0 N–H and O–H groups in total. The van der Waals surface area contributed by atoms with Crippen molar-refractivity contribution in [3.8, 4) is 5.75 Å². The average Bonchev–Trinajstić information content (AvgIpc) is 2.70. The zero-order valence-corrected chi connectivity index (χ0v) is 17.3. The predicted octanol–water partition coefficient (Wildman–Crippen LogP) is 3.92. The molecule has 3 aromatic carbocycles. The van der Waals surface area contributed by atoms with E-state index in [1.54, 1.807) is 30.3 Å². The van der Waals surface area contributed by atoms with E-state index in [0.29, 0.717) is 21.7 Å². The van der Waals surface area contributed by atoms with Crippen LogP contribution in [0.5, 0.6) is 5.75 Å². The molecule has 0 aromatic heterocycles. The number of hydrogen-bond donors (Lipinski definition) is 0. The van der Waals surface area contributed by atoms with E-state index in [0.717, 1.165) is 9.69 Å². The second-order valence-corrected chi connectivity index (χ2v) is 8.86. The van der Waals surface area contributed by atoms with Gasteiger partial charge in [-0.1, -0.05) is 48.0 Å². The number of rotatable bonds is 6. The number of nitrogens with zero attached hydrogens (tertiary/aromatic N) is 1. The Balaban J connectivity index is 1.77. The van der Waals surface area contributed by atoms with E-state index in [4.69, 9.17) is 16.3 Å². The fraction of sp³-hybridized carbons (Fsp3) is 0.143. The van der Waals surface area contributed by atoms with Crippen molar-refractivity contribution >= 4 is 44.1 Å². The van der Waals surface area contributed by atoms with Crippen LogP contribution in [0.3, 0.4) is 0 Å². The maximum Gasteiger partial charge on any atom is 0.326 e. The monoisotopic (exact) mass is 431 g/mol. The molecular weight excluding hydrogens is 414 g/mol. The summed E-state index contributed by atoms with van der Waals surface area (Å²) < 4.78 is 31.6. The summed E-state index contributed by atoms with van der Waals surface area (Å²) in [6.45, 7) is 0.917. The molecule has 0 fully saturated rings. The van der Waals surface area contributed by atoms with E-state index in [1.807, 2.05) is 6.07 Å². The second-order valence-electron chi connectivity index (χ2n) is 6.41. The van der Waals surface area contributed by atoms with Gasteiger partial charge in [-0.3, -0.25) is 9.59 Å². The van der Waals surface area contributed by atoms with Gasteiger partial charge in [0.25, 0.3) is 0 Å². The van der Waals surface area contributed by atoms with E-state index < -0.39 is 22.5 Å². The van der Waals surface area contributed by atoms with Crippen LogP contribution in [0.4, 0.5) is 0 Å². The van der Waals surface area contributed by atoms with Gasteiger partial charge in [0.05, 0.1) is 4.90 Å². The lowest BCUT2D eigenvalue weighted by atomic mass is 10.1. The third-order valence-corrected chi connectivity index (χ3v) is 6.52. The van der Waals surface area contributed by atoms with Crippen LogP contribution < -0.4 is 4.74 Å². The lowest BCUT2D eigenvalue weighted by molar-refractivity contribution is -0.134. The molecule has 0 unspecified atom stereocenters. The van der Waals surface area contributed by atoms with Gasteiger partial charge >= 0.3 is 5.97 Å². The number of ketones is 1. The van der Waals surface area contributed by atoms with Gasteiger partial charge in [0, 0.05) is 28.4 Å². The molecule has 3 aromatic rings. The first kappa shape index (κ1) is 21.0. The van der Waals surface area contributed by atoms with E-state index in [2.05, 4.69) is 0 Å². The van der Waals surface area contributed by atoms with Crippen molar-refractivity contribution in [3.05, 3.63) is 71.2 Å². The highest BCUT2D eigenvalue weighted by Crippen LogP contribution is 2.31. The lowest BCUT2D eigenvalue weighted by Crippen LogP contribution is -2.34. The number of sulfonamides is 1. The van der Waals surface area contributed by atoms with Crippen LogP contribution in [0.2, 0.25) is 5.02 Å². The normalized spacial score (nSPS) is 11.6. The van der Waals surface area contributed by atoms with Gasteiger partial charge in [-0.05, 0) is 31.2 Å². The number of esters is 1. The number of ether oxygens (including phenoxy) is 1. The quantitative estimate of drug-likeness (QED) is 0.335. The Hall–Kier alpha value is -2.74. The smallest absolute Gasteiger partial charge is 0.326 e. The van der Waals surface area contributed by atoms with Crippen molar-refractivity contribution in [1.82, 2.24) is 4.31 Å². The van der Waals surface area contributed by atoms with Gasteiger partial charge < -0.3 is 4.74 Å². The molecule has 150 valence electrons. The summed E-state index contributed by atoms with van der Waals surface area (Å²) in [6, 6.07) is 15.9. The molecule has 29 heavy (non-hydrogen) atoms. The van der Waals surface area contributed by atoms with Crippen LogP contribution in [-0.4, -0.2) is 38.1 Å². The van der Waals surface area contributed by atoms with Crippen LogP contribution in [0.15, 0.2) is 65.6 Å². The van der Waals surface area contributed by atoms with Gasteiger partial charge in [-0.15, -0.1) is 0 Å². The Kier molecular flexibility index (Phi) is 6.02. The standard InChI is InChI=1S/C21H18ClNO5S/c1-14(24)15-7-9-16(10-8-15)29(26,27)23(2)13-21(25)28-20-12-11-19(22)17-5-3-4-6-18(17)20/h3-12H,13H2,1-2H3. The van der Waals surface area contributed by atoms with Gasteiger partial charge in [0.2, 0.25) is 10.0 Å². The molecule has 0 amide bonds. The van der Waals surface area contributed by atoms with Crippen molar-refractivity contribution in [2.75, 3.05) is 13.6 Å². The van der Waals surface area contributed by atoms with E-state index >= 15 is 0 Å². The molecule has 0 atom stereocenters. The molecule has 3 rings (SSSR count). The molecule has 0 aliphatic carbocycles. The molecule has 0 aliphatic rings. The second kappa shape index (κ2) is 8.32. The number of benzene rings is 3. The average molecular weight is 432 g/mol. The van der Waals surface area contributed by atoms with Crippen LogP contribution >= 0.6 is 11.6 Å². The predicted molar refractivity (Wildman–Crippen MR) is 111 cm³/mol. The fourth-order valence-corrected chi connectivity index (χ4v) is 4.13. The Labute approximate surface area is 173 Å². The van der Waals surface area contributed by atoms with Crippen LogP contribution in [0, 0.1) is 0 Å². The highest BCUT2D eigenvalue weighted by Gasteiger charge is 2.24. The molecule has 6 nitrogen and oxygen atoms in total. The number of carbonyl (C=O) groups is 2. The first-order valence-electron chi connectivity index (χ1n) is 8.65. The van der Waals surface area contributed by atoms with Gasteiger partial charge in [-0.25, -0.2) is 8.42 Å². The Morgan fingerprint density at radius 2 is 1.59 bits per heavy atom. The van der Waals surface area contributed by atoms with E-state index in [1.165, 1.54) is 38.2 Å². The number of halogens is 1. The lowest BCUT2D eigenvalue weighted by Gasteiger charge is -2.17. The van der Waals surface area contributed by atoms with Gasteiger partial charge in [-0.2, -0.15) is 4.31 Å². The number of carbonyl (C=O) groups excluding carboxylic acids is 2. The van der Waals surface area contributed by atoms with Gasteiger partial charge in [0.15, 0.2) is 5.78 Å². The summed E-state index contributed by atoms with van der Waals surface area (Å²) in [4.78, 5) is 23.7.